The van der Waals surface area contributed by atoms with Crippen molar-refractivity contribution >= 4 is 17.5 Å². The summed E-state index contributed by atoms with van der Waals surface area (Å²) in [4.78, 5) is 11.9. The van der Waals surface area contributed by atoms with Gasteiger partial charge < -0.3 is 4.74 Å². The molecule has 2 rings (SSSR count). The minimum Gasteiger partial charge on any atom is -0.494 e. The molecule has 0 atom stereocenters. The number of benzene rings is 1. The molecule has 0 aliphatic rings. The molecule has 0 fully saturated rings. The van der Waals surface area contributed by atoms with Gasteiger partial charge >= 0.3 is 0 Å². The number of carbonyl (C=O) groups is 1. The predicted octanol–water partition coefficient (Wildman–Crippen LogP) is 2.56. The van der Waals surface area contributed by atoms with E-state index in [1.165, 1.54) is 6.20 Å². The van der Waals surface area contributed by atoms with Gasteiger partial charge in [0.1, 0.15) is 11.4 Å². The number of hydrogen-bond donors (Lipinski definition) is 0. The molecule has 0 saturated heterocycles. The van der Waals surface area contributed by atoms with Crippen molar-refractivity contribution in [3.63, 3.8) is 0 Å². The van der Waals surface area contributed by atoms with Crippen LogP contribution in [0.5, 0.6) is 5.75 Å². The van der Waals surface area contributed by atoms with E-state index < -0.39 is 0 Å². The fraction of sp³-hybridized carbons (Fsp3) is 0.250. The van der Waals surface area contributed by atoms with Gasteiger partial charge in [-0.25, -0.2) is 0 Å². The fourth-order valence-electron chi connectivity index (χ4n) is 1.34. The van der Waals surface area contributed by atoms with Crippen LogP contribution in [0, 0.1) is 0 Å². The Bertz CT molecular complexity index is 480. The van der Waals surface area contributed by atoms with Crippen LogP contribution in [0.2, 0.25) is 0 Å². The quantitative estimate of drug-likeness (QED) is 0.763. The van der Waals surface area contributed by atoms with Crippen LogP contribution in [-0.4, -0.2) is 21.1 Å². The summed E-state index contributed by atoms with van der Waals surface area (Å²) < 4.78 is 13.2. The molecule has 2 aromatic rings. The van der Waals surface area contributed by atoms with E-state index in [1.807, 2.05) is 6.92 Å². The Morgan fingerprint density at radius 3 is 2.71 bits per heavy atom. The van der Waals surface area contributed by atoms with E-state index in [9.17, 15) is 4.79 Å². The summed E-state index contributed by atoms with van der Waals surface area (Å²) in [5.74, 6) is 0.667. The summed E-state index contributed by atoms with van der Waals surface area (Å²) in [5.41, 5.74) is 0.985. The topological polar surface area (TPSA) is 52.1 Å². The van der Waals surface area contributed by atoms with Crippen molar-refractivity contribution in [3.05, 3.63) is 41.7 Å². The molecule has 0 unspecified atom stereocenters. The monoisotopic (exact) mass is 248 g/mol. The first-order valence-electron chi connectivity index (χ1n) is 5.36. The van der Waals surface area contributed by atoms with E-state index in [0.717, 1.165) is 23.9 Å². The third-order valence-electron chi connectivity index (χ3n) is 2.18. The molecule has 88 valence electrons. The Kier molecular flexibility index (Phi) is 3.82. The number of carbonyl (C=O) groups excluding carboxylic acids is 1. The molecule has 0 aliphatic carbocycles. The van der Waals surface area contributed by atoms with Gasteiger partial charge in [0.05, 0.1) is 24.5 Å². The zero-order valence-electron chi connectivity index (χ0n) is 9.42. The van der Waals surface area contributed by atoms with Crippen LogP contribution >= 0.6 is 11.7 Å². The molecule has 4 nitrogen and oxygen atoms in total. The Balaban J connectivity index is 2.10. The number of ether oxygens (including phenoxy) is 1. The summed E-state index contributed by atoms with van der Waals surface area (Å²) in [6.45, 7) is 2.73. The fourth-order valence-corrected chi connectivity index (χ4v) is 1.75. The minimum atomic E-state index is -0.110. The van der Waals surface area contributed by atoms with Crippen LogP contribution in [0.3, 0.4) is 0 Å². The third kappa shape index (κ3) is 2.88. The second kappa shape index (κ2) is 5.54. The van der Waals surface area contributed by atoms with E-state index in [2.05, 4.69) is 8.75 Å². The zero-order chi connectivity index (χ0) is 12.1. The van der Waals surface area contributed by atoms with Crippen molar-refractivity contribution < 1.29 is 9.53 Å². The molecule has 0 radical (unpaired) electrons. The number of rotatable bonds is 5. The molecule has 17 heavy (non-hydrogen) atoms. The van der Waals surface area contributed by atoms with Gasteiger partial charge in [-0.3, -0.25) is 4.79 Å². The van der Waals surface area contributed by atoms with Crippen LogP contribution in [0.25, 0.3) is 0 Å². The second-order valence-electron chi connectivity index (χ2n) is 3.49. The molecule has 5 heteroatoms. The molecule has 0 N–H and O–H groups in total. The lowest BCUT2D eigenvalue weighted by Gasteiger charge is -2.04. The highest BCUT2D eigenvalue weighted by atomic mass is 32.1. The molecule has 0 aliphatic heterocycles. The second-order valence-corrected chi connectivity index (χ2v) is 4.05. The molecule has 1 heterocycles. The summed E-state index contributed by atoms with van der Waals surface area (Å²) >= 11 is 1.03. The van der Waals surface area contributed by atoms with Gasteiger partial charge in [0.25, 0.3) is 0 Å². The van der Waals surface area contributed by atoms with Gasteiger partial charge in [-0.2, -0.15) is 8.75 Å². The van der Waals surface area contributed by atoms with E-state index in [1.54, 1.807) is 24.3 Å². The van der Waals surface area contributed by atoms with Gasteiger partial charge in [-0.05, 0) is 30.7 Å². The SMILES string of the molecule is CCCOc1ccc(C(=O)c2cnsn2)cc1. The Morgan fingerprint density at radius 1 is 1.35 bits per heavy atom. The number of ketones is 1. The van der Waals surface area contributed by atoms with Gasteiger partial charge in [0.2, 0.25) is 5.78 Å². The van der Waals surface area contributed by atoms with Crippen molar-refractivity contribution in [1.82, 2.24) is 8.75 Å². The van der Waals surface area contributed by atoms with Crippen LogP contribution < -0.4 is 4.74 Å². The summed E-state index contributed by atoms with van der Waals surface area (Å²) in [6, 6.07) is 7.07. The Hall–Kier alpha value is -1.75. The lowest BCUT2D eigenvalue weighted by molar-refractivity contribution is 0.103. The third-order valence-corrected chi connectivity index (χ3v) is 2.66. The lowest BCUT2D eigenvalue weighted by atomic mass is 10.1. The highest BCUT2D eigenvalue weighted by Gasteiger charge is 2.11. The first-order valence-corrected chi connectivity index (χ1v) is 6.09. The number of aromatic nitrogens is 2. The Morgan fingerprint density at radius 2 is 2.12 bits per heavy atom. The van der Waals surface area contributed by atoms with Crippen molar-refractivity contribution in [2.24, 2.45) is 0 Å². The van der Waals surface area contributed by atoms with E-state index in [-0.39, 0.29) is 5.78 Å². The lowest BCUT2D eigenvalue weighted by Crippen LogP contribution is -2.01. The van der Waals surface area contributed by atoms with Crippen LogP contribution in [0.15, 0.2) is 30.5 Å². The maximum absolute atomic E-state index is 11.9. The van der Waals surface area contributed by atoms with Gasteiger partial charge in [0, 0.05) is 5.56 Å². The normalized spacial score (nSPS) is 10.2. The highest BCUT2D eigenvalue weighted by molar-refractivity contribution is 6.99. The summed E-state index contributed by atoms with van der Waals surface area (Å²) in [6.07, 6.45) is 2.44. The average Bonchev–Trinajstić information content (AvgIpc) is 2.90. The van der Waals surface area contributed by atoms with E-state index in [0.29, 0.717) is 17.9 Å². The van der Waals surface area contributed by atoms with Gasteiger partial charge in [0.15, 0.2) is 0 Å². The molecule has 0 saturated carbocycles. The van der Waals surface area contributed by atoms with Crippen molar-refractivity contribution in [2.45, 2.75) is 13.3 Å². The average molecular weight is 248 g/mol. The summed E-state index contributed by atoms with van der Waals surface area (Å²) in [7, 11) is 0. The minimum absolute atomic E-state index is 0.110. The molecular formula is C12H12N2O2S. The molecule has 0 spiro atoms. The van der Waals surface area contributed by atoms with E-state index >= 15 is 0 Å². The standard InChI is InChI=1S/C12H12N2O2S/c1-2-7-16-10-5-3-9(4-6-10)12(15)11-8-13-17-14-11/h3-6,8H,2,7H2,1H3. The van der Waals surface area contributed by atoms with Gasteiger partial charge in [-0.1, -0.05) is 6.92 Å². The molecule has 0 amide bonds. The van der Waals surface area contributed by atoms with Crippen LogP contribution in [0.4, 0.5) is 0 Å². The first-order chi connectivity index (χ1) is 8.31. The largest absolute Gasteiger partial charge is 0.494 e. The van der Waals surface area contributed by atoms with Gasteiger partial charge in [-0.15, -0.1) is 0 Å². The van der Waals surface area contributed by atoms with Crippen LogP contribution in [0.1, 0.15) is 29.4 Å². The first kappa shape index (κ1) is 11.7. The highest BCUT2D eigenvalue weighted by Crippen LogP contribution is 2.15. The van der Waals surface area contributed by atoms with E-state index in [4.69, 9.17) is 4.74 Å². The smallest absolute Gasteiger partial charge is 0.214 e. The molecular weight excluding hydrogens is 236 g/mol. The maximum Gasteiger partial charge on any atom is 0.214 e. The predicted molar refractivity (Wildman–Crippen MR) is 65.6 cm³/mol. The molecule has 1 aromatic heterocycles. The summed E-state index contributed by atoms with van der Waals surface area (Å²) in [5, 5.41) is 0. The zero-order valence-corrected chi connectivity index (χ0v) is 10.2. The van der Waals surface area contributed by atoms with Crippen molar-refractivity contribution in [3.8, 4) is 5.75 Å². The maximum atomic E-state index is 11.9. The number of nitrogens with zero attached hydrogens (tertiary/aromatic N) is 2. The van der Waals surface area contributed by atoms with Crippen molar-refractivity contribution in [1.29, 1.82) is 0 Å². The van der Waals surface area contributed by atoms with Crippen LogP contribution in [-0.2, 0) is 0 Å². The Labute approximate surface area is 104 Å². The molecule has 1 aromatic carbocycles. The van der Waals surface area contributed by atoms with Crippen molar-refractivity contribution in [2.75, 3.05) is 6.61 Å². The number of hydrogen-bond acceptors (Lipinski definition) is 5. The molecule has 0 bridgehead atoms.